The fraction of sp³-hybridized carbons (Fsp3) is 0.308. The molecular weight excluding hydrogens is 287 g/mol. The first-order chi connectivity index (χ1) is 9.45. The molecule has 0 aliphatic carbocycles. The first-order valence-corrected chi connectivity index (χ1v) is 6.47. The van der Waals surface area contributed by atoms with Gasteiger partial charge in [0.25, 0.3) is 0 Å². The van der Waals surface area contributed by atoms with Crippen LogP contribution in [0, 0.1) is 11.7 Å². The van der Waals surface area contributed by atoms with Gasteiger partial charge in [-0.3, -0.25) is 14.9 Å². The molecule has 20 heavy (non-hydrogen) atoms. The van der Waals surface area contributed by atoms with Crippen molar-refractivity contribution in [3.05, 3.63) is 29.0 Å². The van der Waals surface area contributed by atoms with Gasteiger partial charge in [-0.25, -0.2) is 14.1 Å². The number of rotatable bonds is 3. The molecule has 1 aromatic rings. The maximum absolute atomic E-state index is 13.0. The molecule has 5 nitrogen and oxygen atoms in total. The number of hydrogen-bond acceptors (Lipinski definition) is 3. The normalized spacial score (nSPS) is 19.2. The minimum Gasteiger partial charge on any atom is -0.277 e. The molecule has 2 rings (SSSR count). The van der Waals surface area contributed by atoms with E-state index in [0.29, 0.717) is 12.8 Å². The highest BCUT2D eigenvalue weighted by molar-refractivity contribution is 6.36. The third-order valence-electron chi connectivity index (χ3n) is 3.00. The van der Waals surface area contributed by atoms with Gasteiger partial charge in [-0.05, 0) is 24.6 Å². The predicted molar refractivity (Wildman–Crippen MR) is 70.8 cm³/mol. The molecule has 0 saturated carbocycles. The van der Waals surface area contributed by atoms with E-state index in [1.807, 2.05) is 6.92 Å². The fourth-order valence-corrected chi connectivity index (χ4v) is 2.30. The average Bonchev–Trinajstić information content (AvgIpc) is 2.37. The lowest BCUT2D eigenvalue weighted by Gasteiger charge is -2.30. The molecule has 1 saturated heterocycles. The summed E-state index contributed by atoms with van der Waals surface area (Å²) in [6.45, 7) is 1.83. The first kappa shape index (κ1) is 14.5. The van der Waals surface area contributed by atoms with E-state index in [0.717, 1.165) is 17.0 Å². The second kappa shape index (κ2) is 5.58. The lowest BCUT2D eigenvalue weighted by atomic mass is 9.99. The van der Waals surface area contributed by atoms with Crippen molar-refractivity contribution in [1.29, 1.82) is 0 Å². The van der Waals surface area contributed by atoms with Crippen LogP contribution in [0.2, 0.25) is 5.02 Å². The van der Waals surface area contributed by atoms with Gasteiger partial charge in [-0.1, -0.05) is 24.9 Å². The maximum Gasteiger partial charge on any atom is 0.335 e. The Kier molecular flexibility index (Phi) is 4.04. The Morgan fingerprint density at radius 1 is 1.35 bits per heavy atom. The summed E-state index contributed by atoms with van der Waals surface area (Å²) in [5.74, 6) is -2.77. The summed E-state index contributed by atoms with van der Waals surface area (Å²) in [4.78, 5) is 36.5. The summed E-state index contributed by atoms with van der Waals surface area (Å²) in [6, 6.07) is 2.45. The monoisotopic (exact) mass is 298 g/mol. The number of barbiturate groups is 1. The molecule has 0 spiro atoms. The molecule has 1 heterocycles. The fourth-order valence-electron chi connectivity index (χ4n) is 2.05. The van der Waals surface area contributed by atoms with Gasteiger partial charge in [0.1, 0.15) is 11.7 Å². The summed E-state index contributed by atoms with van der Waals surface area (Å²) < 4.78 is 13.0. The third kappa shape index (κ3) is 2.51. The van der Waals surface area contributed by atoms with Gasteiger partial charge in [0.15, 0.2) is 0 Å². The summed E-state index contributed by atoms with van der Waals surface area (Å²) in [5, 5.41) is 2.04. The van der Waals surface area contributed by atoms with E-state index in [2.05, 4.69) is 5.32 Å². The Balaban J connectivity index is 2.41. The zero-order valence-electron chi connectivity index (χ0n) is 10.7. The lowest BCUT2D eigenvalue weighted by Crippen LogP contribution is -2.58. The number of anilines is 1. The Bertz CT molecular complexity index is 591. The highest BCUT2D eigenvalue weighted by Crippen LogP contribution is 2.30. The molecule has 106 valence electrons. The van der Waals surface area contributed by atoms with Crippen molar-refractivity contribution in [3.63, 3.8) is 0 Å². The van der Waals surface area contributed by atoms with E-state index in [-0.39, 0.29) is 10.7 Å². The molecule has 1 N–H and O–H groups in total. The molecule has 0 radical (unpaired) electrons. The van der Waals surface area contributed by atoms with Gasteiger partial charge in [-0.15, -0.1) is 0 Å². The minimum absolute atomic E-state index is 0.0594. The minimum atomic E-state index is -0.932. The zero-order chi connectivity index (χ0) is 14.9. The van der Waals surface area contributed by atoms with Crippen LogP contribution in [0.4, 0.5) is 14.9 Å². The van der Waals surface area contributed by atoms with Gasteiger partial charge in [0.05, 0.1) is 10.7 Å². The average molecular weight is 299 g/mol. The van der Waals surface area contributed by atoms with Crippen molar-refractivity contribution < 1.29 is 18.8 Å². The number of hydrogen-bond donors (Lipinski definition) is 1. The van der Waals surface area contributed by atoms with E-state index in [1.54, 1.807) is 0 Å². The van der Waals surface area contributed by atoms with Crippen LogP contribution < -0.4 is 10.2 Å². The number of amides is 4. The third-order valence-corrected chi connectivity index (χ3v) is 3.30. The Morgan fingerprint density at radius 3 is 2.65 bits per heavy atom. The molecule has 1 atom stereocenters. The van der Waals surface area contributed by atoms with E-state index in [1.165, 1.54) is 6.07 Å². The summed E-state index contributed by atoms with van der Waals surface area (Å²) in [7, 11) is 0. The number of carbonyl (C=O) groups excluding carboxylic acids is 3. The molecular formula is C13H12ClFN2O3. The number of halogens is 2. The van der Waals surface area contributed by atoms with E-state index < -0.39 is 29.6 Å². The molecule has 1 aliphatic heterocycles. The zero-order valence-corrected chi connectivity index (χ0v) is 11.4. The number of urea groups is 1. The van der Waals surface area contributed by atoms with Crippen molar-refractivity contribution in [1.82, 2.24) is 5.32 Å². The van der Waals surface area contributed by atoms with Crippen molar-refractivity contribution in [2.45, 2.75) is 19.8 Å². The quantitative estimate of drug-likeness (QED) is 0.872. The predicted octanol–water partition coefficient (Wildman–Crippen LogP) is 2.48. The first-order valence-electron chi connectivity index (χ1n) is 6.09. The largest absolute Gasteiger partial charge is 0.335 e. The van der Waals surface area contributed by atoms with Gasteiger partial charge < -0.3 is 0 Å². The van der Waals surface area contributed by atoms with Crippen LogP contribution in [0.5, 0.6) is 0 Å². The van der Waals surface area contributed by atoms with Crippen LogP contribution in [0.25, 0.3) is 0 Å². The topological polar surface area (TPSA) is 66.5 Å². The van der Waals surface area contributed by atoms with Crippen LogP contribution in [0.3, 0.4) is 0 Å². The van der Waals surface area contributed by atoms with Crippen molar-refractivity contribution in [2.24, 2.45) is 5.92 Å². The molecule has 1 aromatic carbocycles. The number of imide groups is 2. The second-order valence-corrected chi connectivity index (χ2v) is 4.81. The Morgan fingerprint density at radius 2 is 2.05 bits per heavy atom. The number of nitrogens with zero attached hydrogens (tertiary/aromatic N) is 1. The van der Waals surface area contributed by atoms with E-state index in [4.69, 9.17) is 11.6 Å². The Labute approximate surface area is 119 Å². The van der Waals surface area contributed by atoms with E-state index >= 15 is 0 Å². The Hall–Kier alpha value is -1.95. The smallest absolute Gasteiger partial charge is 0.277 e. The molecule has 0 bridgehead atoms. The SMILES string of the molecule is CCCC1C(=O)NC(=O)N(c2ccc(F)cc2Cl)C1=O. The number of carbonyl (C=O) groups is 3. The van der Waals surface area contributed by atoms with Gasteiger partial charge in [0.2, 0.25) is 11.8 Å². The van der Waals surface area contributed by atoms with Gasteiger partial charge in [0, 0.05) is 0 Å². The van der Waals surface area contributed by atoms with Crippen molar-refractivity contribution in [2.75, 3.05) is 4.90 Å². The molecule has 1 aliphatic rings. The van der Waals surface area contributed by atoms with Crippen molar-refractivity contribution in [3.8, 4) is 0 Å². The van der Waals surface area contributed by atoms with Crippen LogP contribution >= 0.6 is 11.6 Å². The molecule has 4 amide bonds. The molecule has 1 unspecified atom stereocenters. The van der Waals surface area contributed by atoms with Gasteiger partial charge >= 0.3 is 6.03 Å². The standard InChI is InChI=1S/C13H12ClFN2O3/c1-2-3-8-11(18)16-13(20)17(12(8)19)10-5-4-7(15)6-9(10)14/h4-6,8H,2-3H2,1H3,(H,16,18,20). The van der Waals surface area contributed by atoms with Crippen LogP contribution in [0.1, 0.15) is 19.8 Å². The highest BCUT2D eigenvalue weighted by atomic mass is 35.5. The summed E-state index contributed by atoms with van der Waals surface area (Å²) in [6.07, 6.45) is 0.941. The van der Waals surface area contributed by atoms with E-state index in [9.17, 15) is 18.8 Å². The summed E-state index contributed by atoms with van der Waals surface area (Å²) >= 11 is 5.86. The van der Waals surface area contributed by atoms with Crippen LogP contribution in [-0.4, -0.2) is 17.8 Å². The number of benzene rings is 1. The molecule has 0 aromatic heterocycles. The highest BCUT2D eigenvalue weighted by Gasteiger charge is 2.41. The maximum atomic E-state index is 13.0. The lowest BCUT2D eigenvalue weighted by molar-refractivity contribution is -0.134. The second-order valence-electron chi connectivity index (χ2n) is 4.41. The molecule has 7 heteroatoms. The van der Waals surface area contributed by atoms with Gasteiger partial charge in [-0.2, -0.15) is 0 Å². The summed E-state index contributed by atoms with van der Waals surface area (Å²) in [5.41, 5.74) is 0.0594. The number of nitrogens with one attached hydrogen (secondary N) is 1. The van der Waals surface area contributed by atoms with Crippen LogP contribution in [-0.2, 0) is 9.59 Å². The van der Waals surface area contributed by atoms with Crippen molar-refractivity contribution >= 4 is 35.1 Å². The van der Waals surface area contributed by atoms with Crippen LogP contribution in [0.15, 0.2) is 18.2 Å². The molecule has 1 fully saturated rings.